The predicted octanol–water partition coefficient (Wildman–Crippen LogP) is 2.85. The Labute approximate surface area is 96.2 Å². The van der Waals surface area contributed by atoms with Crippen molar-refractivity contribution in [3.8, 4) is 0 Å². The van der Waals surface area contributed by atoms with E-state index in [9.17, 15) is 8.78 Å². The quantitative estimate of drug-likeness (QED) is 0.821. The van der Waals surface area contributed by atoms with Crippen molar-refractivity contribution in [1.82, 2.24) is 4.98 Å². The smallest absolute Gasteiger partial charge is 0.280 e. The van der Waals surface area contributed by atoms with Gasteiger partial charge < -0.3 is 5.73 Å². The standard InChI is InChI=1S/C7H6BrF2IN2/c8-3-1-4(7(9)10)13-5(2-12)6(3)11/h1,7H,2,12H2. The molecule has 6 heteroatoms. The molecule has 1 aromatic rings. The molecule has 2 N–H and O–H groups in total. The average molecular weight is 363 g/mol. The molecule has 0 fully saturated rings. The van der Waals surface area contributed by atoms with Crippen molar-refractivity contribution in [3.63, 3.8) is 0 Å². The Morgan fingerprint density at radius 1 is 1.62 bits per heavy atom. The fourth-order valence-electron chi connectivity index (χ4n) is 0.815. The largest absolute Gasteiger partial charge is 0.325 e. The molecule has 72 valence electrons. The first-order valence-electron chi connectivity index (χ1n) is 3.39. The molecule has 0 saturated carbocycles. The first-order valence-corrected chi connectivity index (χ1v) is 5.26. The third-order valence-electron chi connectivity index (χ3n) is 1.42. The van der Waals surface area contributed by atoms with E-state index in [2.05, 4.69) is 20.9 Å². The zero-order valence-electron chi connectivity index (χ0n) is 6.40. The van der Waals surface area contributed by atoms with E-state index >= 15 is 0 Å². The summed E-state index contributed by atoms with van der Waals surface area (Å²) in [5.41, 5.74) is 5.60. The molecule has 0 aliphatic rings. The first kappa shape index (κ1) is 11.3. The number of halogens is 4. The summed E-state index contributed by atoms with van der Waals surface area (Å²) in [5.74, 6) is 0. The van der Waals surface area contributed by atoms with Crippen molar-refractivity contribution in [3.05, 3.63) is 25.5 Å². The second-order valence-electron chi connectivity index (χ2n) is 2.29. The van der Waals surface area contributed by atoms with E-state index in [0.29, 0.717) is 10.2 Å². The highest BCUT2D eigenvalue weighted by Crippen LogP contribution is 2.26. The Morgan fingerprint density at radius 3 is 2.69 bits per heavy atom. The molecule has 0 aliphatic heterocycles. The van der Waals surface area contributed by atoms with Gasteiger partial charge in [0.2, 0.25) is 0 Å². The minimum Gasteiger partial charge on any atom is -0.325 e. The SMILES string of the molecule is NCc1nc(C(F)F)cc(Br)c1I. The van der Waals surface area contributed by atoms with Gasteiger partial charge in [-0.05, 0) is 44.6 Å². The molecule has 0 radical (unpaired) electrons. The average Bonchev–Trinajstić information content (AvgIpc) is 2.09. The maximum Gasteiger partial charge on any atom is 0.280 e. The van der Waals surface area contributed by atoms with Crippen LogP contribution in [0.2, 0.25) is 0 Å². The van der Waals surface area contributed by atoms with Gasteiger partial charge in [-0.3, -0.25) is 0 Å². The van der Waals surface area contributed by atoms with Gasteiger partial charge in [-0.15, -0.1) is 0 Å². The lowest BCUT2D eigenvalue weighted by Crippen LogP contribution is -2.05. The lowest BCUT2D eigenvalue weighted by atomic mass is 10.3. The molecule has 1 heterocycles. The summed E-state index contributed by atoms with van der Waals surface area (Å²) in [6.07, 6.45) is -2.56. The molecule has 0 aliphatic carbocycles. The van der Waals surface area contributed by atoms with Crippen LogP contribution in [0.1, 0.15) is 17.8 Å². The summed E-state index contributed by atoms with van der Waals surface area (Å²) >= 11 is 5.18. The minimum absolute atomic E-state index is 0.164. The second-order valence-corrected chi connectivity index (χ2v) is 4.23. The molecule has 2 nitrogen and oxygen atoms in total. The van der Waals surface area contributed by atoms with Crippen LogP contribution in [0.5, 0.6) is 0 Å². The molecule has 0 atom stereocenters. The normalized spacial score (nSPS) is 10.9. The molecule has 0 saturated heterocycles. The van der Waals surface area contributed by atoms with Crippen LogP contribution in [0.25, 0.3) is 0 Å². The van der Waals surface area contributed by atoms with E-state index in [0.717, 1.165) is 3.57 Å². The number of pyridine rings is 1. The Morgan fingerprint density at radius 2 is 2.23 bits per heavy atom. The summed E-state index contributed by atoms with van der Waals surface area (Å²) in [6, 6.07) is 1.31. The van der Waals surface area contributed by atoms with Crippen LogP contribution in [-0.2, 0) is 6.54 Å². The summed E-state index contributed by atoms with van der Waals surface area (Å²) in [6.45, 7) is 0.164. The van der Waals surface area contributed by atoms with Crippen LogP contribution in [-0.4, -0.2) is 4.98 Å². The predicted molar refractivity (Wildman–Crippen MR) is 57.5 cm³/mol. The second kappa shape index (κ2) is 4.61. The van der Waals surface area contributed by atoms with Gasteiger partial charge in [0.25, 0.3) is 6.43 Å². The van der Waals surface area contributed by atoms with Crippen LogP contribution < -0.4 is 5.73 Å². The number of hydrogen-bond donors (Lipinski definition) is 1. The highest BCUT2D eigenvalue weighted by atomic mass is 127. The Balaban J connectivity index is 3.22. The maximum atomic E-state index is 12.3. The van der Waals surface area contributed by atoms with E-state index in [-0.39, 0.29) is 12.2 Å². The molecule has 0 unspecified atom stereocenters. The van der Waals surface area contributed by atoms with Gasteiger partial charge in [0.15, 0.2) is 0 Å². The van der Waals surface area contributed by atoms with Crippen LogP contribution in [0, 0.1) is 3.57 Å². The number of rotatable bonds is 2. The molecule has 0 aromatic carbocycles. The molecule has 1 rings (SSSR count). The van der Waals surface area contributed by atoms with E-state index in [4.69, 9.17) is 5.73 Å². The number of aromatic nitrogens is 1. The number of alkyl halides is 2. The minimum atomic E-state index is -2.56. The van der Waals surface area contributed by atoms with Gasteiger partial charge in [-0.25, -0.2) is 13.8 Å². The molecule has 0 spiro atoms. The number of nitrogens with two attached hydrogens (primary N) is 1. The van der Waals surface area contributed by atoms with Crippen molar-refractivity contribution in [1.29, 1.82) is 0 Å². The summed E-state index contributed by atoms with van der Waals surface area (Å²) in [5, 5.41) is 0. The highest BCUT2D eigenvalue weighted by molar-refractivity contribution is 14.1. The lowest BCUT2D eigenvalue weighted by Gasteiger charge is -2.06. The van der Waals surface area contributed by atoms with Crippen molar-refractivity contribution >= 4 is 38.5 Å². The van der Waals surface area contributed by atoms with Gasteiger partial charge in [-0.1, -0.05) is 0 Å². The molecule has 1 aromatic heterocycles. The monoisotopic (exact) mass is 362 g/mol. The van der Waals surface area contributed by atoms with Crippen LogP contribution in [0.4, 0.5) is 8.78 Å². The highest BCUT2D eigenvalue weighted by Gasteiger charge is 2.13. The van der Waals surface area contributed by atoms with E-state index in [1.54, 1.807) is 0 Å². The van der Waals surface area contributed by atoms with E-state index < -0.39 is 6.43 Å². The summed E-state index contributed by atoms with van der Waals surface area (Å²) in [7, 11) is 0. The van der Waals surface area contributed by atoms with Crippen molar-refractivity contribution in [2.75, 3.05) is 0 Å². The number of nitrogens with zero attached hydrogens (tertiary/aromatic N) is 1. The van der Waals surface area contributed by atoms with Crippen molar-refractivity contribution < 1.29 is 8.78 Å². The maximum absolute atomic E-state index is 12.3. The zero-order valence-corrected chi connectivity index (χ0v) is 10.1. The molecule has 0 amide bonds. The van der Waals surface area contributed by atoms with E-state index in [1.165, 1.54) is 6.07 Å². The lowest BCUT2D eigenvalue weighted by molar-refractivity contribution is 0.145. The summed E-state index contributed by atoms with van der Waals surface area (Å²) < 4.78 is 25.9. The fraction of sp³-hybridized carbons (Fsp3) is 0.286. The Bertz CT molecular complexity index is 320. The molecule has 0 bridgehead atoms. The molecular formula is C7H6BrF2IN2. The third kappa shape index (κ3) is 2.57. The van der Waals surface area contributed by atoms with Gasteiger partial charge >= 0.3 is 0 Å². The summed E-state index contributed by atoms with van der Waals surface area (Å²) in [4.78, 5) is 3.74. The number of hydrogen-bond acceptors (Lipinski definition) is 2. The zero-order chi connectivity index (χ0) is 10.0. The van der Waals surface area contributed by atoms with Gasteiger partial charge in [0.1, 0.15) is 5.69 Å². The Hall–Kier alpha value is 0.180. The molecular weight excluding hydrogens is 357 g/mol. The van der Waals surface area contributed by atoms with Crippen LogP contribution in [0.15, 0.2) is 10.5 Å². The fourth-order valence-corrected chi connectivity index (χ4v) is 1.78. The first-order chi connectivity index (χ1) is 6.06. The van der Waals surface area contributed by atoms with Crippen LogP contribution >= 0.6 is 38.5 Å². The Kier molecular flexibility index (Phi) is 3.99. The van der Waals surface area contributed by atoms with Gasteiger partial charge in [0, 0.05) is 11.0 Å². The molecule has 13 heavy (non-hydrogen) atoms. The van der Waals surface area contributed by atoms with E-state index in [1.807, 2.05) is 22.6 Å². The van der Waals surface area contributed by atoms with Crippen LogP contribution in [0.3, 0.4) is 0 Å². The van der Waals surface area contributed by atoms with Crippen molar-refractivity contribution in [2.45, 2.75) is 13.0 Å². The van der Waals surface area contributed by atoms with Gasteiger partial charge in [-0.2, -0.15) is 0 Å². The third-order valence-corrected chi connectivity index (χ3v) is 3.99. The van der Waals surface area contributed by atoms with Crippen molar-refractivity contribution in [2.24, 2.45) is 5.73 Å². The van der Waals surface area contributed by atoms with Gasteiger partial charge in [0.05, 0.1) is 9.26 Å². The topological polar surface area (TPSA) is 38.9 Å².